The second-order valence-corrected chi connectivity index (χ2v) is 9.68. The summed E-state index contributed by atoms with van der Waals surface area (Å²) in [6, 6.07) is 10.3. The van der Waals surface area contributed by atoms with Crippen molar-refractivity contribution in [2.75, 3.05) is 31.6 Å². The molecule has 1 amide bonds. The molecule has 2 fully saturated rings. The first-order chi connectivity index (χ1) is 17.1. The van der Waals surface area contributed by atoms with Crippen molar-refractivity contribution in [1.82, 2.24) is 19.7 Å². The maximum atomic E-state index is 13.9. The fourth-order valence-electron chi connectivity index (χ4n) is 4.71. The Labute approximate surface area is 215 Å². The maximum Gasteiger partial charge on any atom is 0.434 e. The molecule has 36 heavy (non-hydrogen) atoms. The third kappa shape index (κ3) is 4.48. The predicted octanol–water partition coefficient (Wildman–Crippen LogP) is 5.16. The highest BCUT2D eigenvalue weighted by Crippen LogP contribution is 2.46. The number of alkyl halides is 3. The minimum atomic E-state index is -4.79. The Morgan fingerprint density at radius 1 is 1.17 bits per heavy atom. The van der Waals surface area contributed by atoms with E-state index in [1.54, 1.807) is 30.2 Å². The van der Waals surface area contributed by atoms with Crippen molar-refractivity contribution in [2.24, 2.45) is 0 Å². The number of pyridine rings is 1. The van der Waals surface area contributed by atoms with Crippen molar-refractivity contribution in [1.29, 1.82) is 0 Å². The van der Waals surface area contributed by atoms with Crippen LogP contribution in [-0.4, -0.2) is 57.9 Å². The highest BCUT2D eigenvalue weighted by atomic mass is 35.5. The Morgan fingerprint density at radius 3 is 2.58 bits per heavy atom. The highest BCUT2D eigenvalue weighted by molar-refractivity contribution is 6.33. The van der Waals surface area contributed by atoms with Gasteiger partial charge in [-0.2, -0.15) is 18.3 Å². The van der Waals surface area contributed by atoms with Crippen LogP contribution in [0.2, 0.25) is 10.0 Å². The van der Waals surface area contributed by atoms with E-state index >= 15 is 0 Å². The molecule has 2 aromatic heterocycles. The number of hydrogen-bond acceptors (Lipinski definition) is 5. The van der Waals surface area contributed by atoms with Crippen LogP contribution in [0.4, 0.5) is 18.9 Å². The van der Waals surface area contributed by atoms with Gasteiger partial charge < -0.3 is 14.5 Å². The fourth-order valence-corrected chi connectivity index (χ4v) is 5.24. The summed E-state index contributed by atoms with van der Waals surface area (Å²) in [6.45, 7) is 0.878. The number of ether oxygens (including phenoxy) is 1. The van der Waals surface area contributed by atoms with E-state index in [0.29, 0.717) is 35.1 Å². The number of halogens is 5. The number of hydrogen-bond donors (Lipinski definition) is 0. The molecule has 1 saturated heterocycles. The lowest BCUT2D eigenvalue weighted by molar-refractivity contribution is -0.146. The van der Waals surface area contributed by atoms with E-state index in [1.165, 1.54) is 12.3 Å². The summed E-state index contributed by atoms with van der Waals surface area (Å²) in [5.74, 6) is 0.120. The molecule has 190 valence electrons. The number of nitrogens with zero attached hydrogens (tertiary/aromatic N) is 5. The van der Waals surface area contributed by atoms with E-state index in [2.05, 4.69) is 15.0 Å². The van der Waals surface area contributed by atoms with Gasteiger partial charge in [0.05, 0.1) is 23.4 Å². The van der Waals surface area contributed by atoms with Crippen molar-refractivity contribution >= 4 is 34.8 Å². The zero-order valence-corrected chi connectivity index (χ0v) is 20.7. The van der Waals surface area contributed by atoms with E-state index in [1.807, 2.05) is 12.1 Å². The van der Waals surface area contributed by atoms with Crippen LogP contribution in [-0.2, 0) is 17.5 Å². The number of benzene rings is 1. The van der Waals surface area contributed by atoms with E-state index < -0.39 is 34.9 Å². The second kappa shape index (κ2) is 9.15. The Balaban J connectivity index is 1.38. The van der Waals surface area contributed by atoms with Gasteiger partial charge >= 0.3 is 6.18 Å². The van der Waals surface area contributed by atoms with Gasteiger partial charge in [-0.15, -0.1) is 0 Å². The molecule has 0 radical (unpaired) electrons. The van der Waals surface area contributed by atoms with Gasteiger partial charge in [-0.05, 0) is 37.1 Å². The molecule has 1 aliphatic heterocycles. The van der Waals surface area contributed by atoms with Crippen molar-refractivity contribution in [3.63, 3.8) is 0 Å². The number of methoxy groups -OCH3 is 1. The lowest BCUT2D eigenvalue weighted by atomic mass is 10.1. The molecular formula is C24H22Cl2F3N5O2. The predicted molar refractivity (Wildman–Crippen MR) is 129 cm³/mol. The molecule has 3 heterocycles. The smallest absolute Gasteiger partial charge is 0.434 e. The molecule has 1 aromatic carbocycles. The fraction of sp³-hybridized carbons (Fsp3) is 0.375. The zero-order valence-electron chi connectivity index (χ0n) is 19.2. The molecule has 5 rings (SSSR count). The van der Waals surface area contributed by atoms with Crippen LogP contribution in [0, 0.1) is 0 Å². The molecule has 1 spiro atoms. The summed E-state index contributed by atoms with van der Waals surface area (Å²) in [7, 11) is 1.54. The number of anilines is 1. The van der Waals surface area contributed by atoms with Crippen LogP contribution >= 0.6 is 23.2 Å². The Kier molecular flexibility index (Phi) is 6.28. The van der Waals surface area contributed by atoms with E-state index in [-0.39, 0.29) is 11.4 Å². The molecule has 1 saturated carbocycles. The Morgan fingerprint density at radius 2 is 1.94 bits per heavy atom. The zero-order chi connectivity index (χ0) is 25.7. The average Bonchev–Trinajstić information content (AvgIpc) is 3.52. The third-order valence-corrected chi connectivity index (χ3v) is 7.31. The quantitative estimate of drug-likeness (QED) is 0.448. The van der Waals surface area contributed by atoms with Crippen LogP contribution in [0.1, 0.15) is 18.5 Å². The van der Waals surface area contributed by atoms with Gasteiger partial charge in [0, 0.05) is 37.6 Å². The van der Waals surface area contributed by atoms with Crippen LogP contribution in [0.3, 0.4) is 0 Å². The number of piperazine rings is 1. The molecule has 7 nitrogen and oxygen atoms in total. The summed E-state index contributed by atoms with van der Waals surface area (Å²) in [5.41, 5.74) is -0.589. The molecule has 1 aliphatic carbocycles. The summed E-state index contributed by atoms with van der Waals surface area (Å²) < 4.78 is 47.7. The largest absolute Gasteiger partial charge is 0.495 e. The number of carbonyl (C=O) groups is 1. The monoisotopic (exact) mass is 539 g/mol. The standard InChI is InChI=1S/C24H22Cl2F3N5O2/c1-36-18-12-15(5-6-16(18)25)32-10-11-33(23(14-32)7-8-23)19(35)13-34-22(24(27,28)29)20(26)21(31-34)17-4-2-3-9-30-17/h2-6,9,12H,7-8,10-11,13-14H2,1H3. The minimum absolute atomic E-state index is 0.111. The van der Waals surface area contributed by atoms with Crippen LogP contribution in [0.25, 0.3) is 11.4 Å². The third-order valence-electron chi connectivity index (χ3n) is 6.64. The Bertz CT molecular complexity index is 1290. The SMILES string of the molecule is COc1cc(N2CCN(C(=O)Cn3nc(-c4ccccn4)c(Cl)c3C(F)(F)F)C3(CC3)C2)ccc1Cl. The first kappa shape index (κ1) is 24.7. The van der Waals surface area contributed by atoms with Gasteiger partial charge in [0.1, 0.15) is 23.0 Å². The van der Waals surface area contributed by atoms with Crippen LogP contribution < -0.4 is 9.64 Å². The van der Waals surface area contributed by atoms with Crippen LogP contribution in [0.5, 0.6) is 5.75 Å². The molecule has 3 aromatic rings. The first-order valence-electron chi connectivity index (χ1n) is 11.3. The maximum absolute atomic E-state index is 13.9. The van der Waals surface area contributed by atoms with Crippen LogP contribution in [0.15, 0.2) is 42.6 Å². The Hall–Kier alpha value is -2.98. The number of amides is 1. The topological polar surface area (TPSA) is 63.5 Å². The first-order valence-corrected chi connectivity index (χ1v) is 12.0. The molecule has 0 N–H and O–H groups in total. The highest BCUT2D eigenvalue weighted by Gasteiger charge is 2.53. The van der Waals surface area contributed by atoms with Crippen molar-refractivity contribution in [3.05, 3.63) is 58.3 Å². The molecule has 0 atom stereocenters. The van der Waals surface area contributed by atoms with E-state index in [9.17, 15) is 18.0 Å². The minimum Gasteiger partial charge on any atom is -0.495 e. The lowest BCUT2D eigenvalue weighted by Crippen LogP contribution is -2.57. The lowest BCUT2D eigenvalue weighted by Gasteiger charge is -2.43. The van der Waals surface area contributed by atoms with Gasteiger partial charge in [0.15, 0.2) is 5.69 Å². The van der Waals surface area contributed by atoms with E-state index in [4.69, 9.17) is 27.9 Å². The van der Waals surface area contributed by atoms with Crippen molar-refractivity contribution in [3.8, 4) is 17.1 Å². The molecule has 0 bridgehead atoms. The van der Waals surface area contributed by atoms with Gasteiger partial charge in [0.25, 0.3) is 0 Å². The number of carbonyl (C=O) groups excluding carboxylic acids is 1. The molecule has 2 aliphatic rings. The molecule has 12 heteroatoms. The normalized spacial score (nSPS) is 16.9. The van der Waals surface area contributed by atoms with Crippen molar-refractivity contribution in [2.45, 2.75) is 31.1 Å². The van der Waals surface area contributed by atoms with Gasteiger partial charge in [-0.3, -0.25) is 9.78 Å². The number of rotatable bonds is 5. The molecular weight excluding hydrogens is 518 g/mol. The summed E-state index contributed by atoms with van der Waals surface area (Å²) in [4.78, 5) is 21.2. The second-order valence-electron chi connectivity index (χ2n) is 8.89. The molecule has 0 unspecified atom stereocenters. The van der Waals surface area contributed by atoms with Gasteiger partial charge in [-0.1, -0.05) is 29.3 Å². The van der Waals surface area contributed by atoms with Gasteiger partial charge in [-0.25, -0.2) is 4.68 Å². The summed E-state index contributed by atoms with van der Waals surface area (Å²) in [6.07, 6.45) is -1.81. The summed E-state index contributed by atoms with van der Waals surface area (Å²) >= 11 is 12.3. The number of aromatic nitrogens is 3. The van der Waals surface area contributed by atoms with Gasteiger partial charge in [0.2, 0.25) is 5.91 Å². The van der Waals surface area contributed by atoms with E-state index in [0.717, 1.165) is 18.5 Å². The van der Waals surface area contributed by atoms with Crippen molar-refractivity contribution < 1.29 is 22.7 Å². The average molecular weight is 540 g/mol. The summed E-state index contributed by atoms with van der Waals surface area (Å²) in [5, 5.41) is 3.98.